The van der Waals surface area contributed by atoms with Gasteiger partial charge in [-0.3, -0.25) is 0 Å². The molecule has 0 saturated carbocycles. The van der Waals surface area contributed by atoms with Crippen LogP contribution in [-0.4, -0.2) is 16.7 Å². The SMILES string of the molecule is COc1ccc(-c2[nH]c(=S)n(C)c2N)cc1. The van der Waals surface area contributed by atoms with Gasteiger partial charge < -0.3 is 20.0 Å². The van der Waals surface area contributed by atoms with Crippen LogP contribution in [0.3, 0.4) is 0 Å². The molecular formula is C11H13N3OS. The summed E-state index contributed by atoms with van der Waals surface area (Å²) < 4.78 is 7.46. The van der Waals surface area contributed by atoms with E-state index in [9.17, 15) is 0 Å². The fraction of sp³-hybridized carbons (Fsp3) is 0.182. The van der Waals surface area contributed by atoms with Gasteiger partial charge in [-0.1, -0.05) is 0 Å². The van der Waals surface area contributed by atoms with Crippen LogP contribution in [0.2, 0.25) is 0 Å². The number of aromatic amines is 1. The average Bonchev–Trinajstić information content (AvgIpc) is 2.57. The van der Waals surface area contributed by atoms with Gasteiger partial charge in [0, 0.05) is 12.6 Å². The first-order chi connectivity index (χ1) is 7.63. The topological polar surface area (TPSA) is 56.0 Å². The van der Waals surface area contributed by atoms with Crippen LogP contribution in [-0.2, 0) is 7.05 Å². The van der Waals surface area contributed by atoms with E-state index in [0.29, 0.717) is 10.6 Å². The van der Waals surface area contributed by atoms with Gasteiger partial charge in [-0.05, 0) is 36.5 Å². The van der Waals surface area contributed by atoms with Crippen molar-refractivity contribution in [3.05, 3.63) is 29.0 Å². The first-order valence-corrected chi connectivity index (χ1v) is 5.23. The van der Waals surface area contributed by atoms with Crippen molar-refractivity contribution in [3.8, 4) is 17.0 Å². The van der Waals surface area contributed by atoms with Gasteiger partial charge in [0.25, 0.3) is 0 Å². The van der Waals surface area contributed by atoms with Crippen LogP contribution in [0.15, 0.2) is 24.3 Å². The Morgan fingerprint density at radius 2 is 1.94 bits per heavy atom. The van der Waals surface area contributed by atoms with Gasteiger partial charge in [0.15, 0.2) is 4.77 Å². The van der Waals surface area contributed by atoms with E-state index in [1.807, 2.05) is 31.3 Å². The number of nitrogens with two attached hydrogens (primary N) is 1. The number of hydrogen-bond acceptors (Lipinski definition) is 3. The average molecular weight is 235 g/mol. The number of nitrogens with one attached hydrogen (secondary N) is 1. The molecule has 1 aromatic carbocycles. The quantitative estimate of drug-likeness (QED) is 0.785. The van der Waals surface area contributed by atoms with Crippen molar-refractivity contribution < 1.29 is 4.74 Å². The molecule has 16 heavy (non-hydrogen) atoms. The van der Waals surface area contributed by atoms with E-state index in [-0.39, 0.29) is 0 Å². The summed E-state index contributed by atoms with van der Waals surface area (Å²) in [5.41, 5.74) is 7.77. The molecule has 1 aromatic heterocycles. The molecule has 0 spiro atoms. The molecule has 0 amide bonds. The lowest BCUT2D eigenvalue weighted by Gasteiger charge is -2.03. The molecule has 0 fully saturated rings. The number of nitrogen functional groups attached to an aromatic ring is 1. The second kappa shape index (κ2) is 4.02. The minimum atomic E-state index is 0.614. The van der Waals surface area contributed by atoms with Crippen LogP contribution in [0.25, 0.3) is 11.3 Å². The number of hydrogen-bond donors (Lipinski definition) is 2. The zero-order valence-electron chi connectivity index (χ0n) is 9.15. The maximum absolute atomic E-state index is 5.94. The van der Waals surface area contributed by atoms with Crippen LogP contribution in [0.4, 0.5) is 5.82 Å². The molecule has 0 aliphatic rings. The molecule has 2 aromatic rings. The Labute approximate surface area is 98.7 Å². The van der Waals surface area contributed by atoms with Crippen molar-refractivity contribution in [2.24, 2.45) is 7.05 Å². The molecule has 0 unspecified atom stereocenters. The minimum Gasteiger partial charge on any atom is -0.497 e. The Balaban J connectivity index is 2.50. The Bertz CT molecular complexity index is 554. The molecule has 0 aliphatic heterocycles. The maximum atomic E-state index is 5.94. The highest BCUT2D eigenvalue weighted by atomic mass is 32.1. The predicted molar refractivity (Wildman–Crippen MR) is 67.0 cm³/mol. The normalized spacial score (nSPS) is 10.4. The summed E-state index contributed by atoms with van der Waals surface area (Å²) in [5.74, 6) is 1.45. The fourth-order valence-electron chi connectivity index (χ4n) is 1.51. The standard InChI is InChI=1S/C11H13N3OS/c1-14-10(12)9(13-11(14)16)7-3-5-8(15-2)6-4-7/h3-6H,12H2,1-2H3,(H,13,16). The number of ether oxygens (including phenoxy) is 1. The summed E-state index contributed by atoms with van der Waals surface area (Å²) in [5, 5.41) is 0. The minimum absolute atomic E-state index is 0.614. The smallest absolute Gasteiger partial charge is 0.178 e. The van der Waals surface area contributed by atoms with E-state index >= 15 is 0 Å². The van der Waals surface area contributed by atoms with Crippen molar-refractivity contribution in [3.63, 3.8) is 0 Å². The third-order valence-corrected chi connectivity index (χ3v) is 2.91. The molecular weight excluding hydrogens is 222 g/mol. The summed E-state index contributed by atoms with van der Waals surface area (Å²) >= 11 is 5.11. The lowest BCUT2D eigenvalue weighted by molar-refractivity contribution is 0.415. The van der Waals surface area contributed by atoms with E-state index in [1.54, 1.807) is 11.7 Å². The van der Waals surface area contributed by atoms with Crippen LogP contribution in [0.5, 0.6) is 5.75 Å². The molecule has 1 heterocycles. The number of aromatic nitrogens is 2. The van der Waals surface area contributed by atoms with Crippen LogP contribution < -0.4 is 10.5 Å². The van der Waals surface area contributed by atoms with Crippen LogP contribution in [0.1, 0.15) is 0 Å². The zero-order valence-corrected chi connectivity index (χ0v) is 9.97. The van der Waals surface area contributed by atoms with Crippen LogP contribution >= 0.6 is 12.2 Å². The molecule has 0 aliphatic carbocycles. The lowest BCUT2D eigenvalue weighted by atomic mass is 10.1. The van der Waals surface area contributed by atoms with E-state index in [2.05, 4.69) is 4.98 Å². The lowest BCUT2D eigenvalue weighted by Crippen LogP contribution is -1.96. The van der Waals surface area contributed by atoms with Gasteiger partial charge in [-0.2, -0.15) is 0 Å². The maximum Gasteiger partial charge on any atom is 0.178 e. The van der Waals surface area contributed by atoms with Crippen LogP contribution in [0, 0.1) is 4.77 Å². The Morgan fingerprint density at radius 3 is 2.38 bits per heavy atom. The molecule has 0 bridgehead atoms. The summed E-state index contributed by atoms with van der Waals surface area (Å²) in [6.45, 7) is 0. The highest BCUT2D eigenvalue weighted by Crippen LogP contribution is 2.25. The Hall–Kier alpha value is -1.75. The van der Waals surface area contributed by atoms with E-state index in [1.165, 1.54) is 0 Å². The highest BCUT2D eigenvalue weighted by molar-refractivity contribution is 7.71. The molecule has 0 atom stereocenters. The second-order valence-electron chi connectivity index (χ2n) is 3.48. The monoisotopic (exact) mass is 235 g/mol. The number of rotatable bonds is 2. The number of imidazole rings is 1. The van der Waals surface area contributed by atoms with Crippen molar-refractivity contribution >= 4 is 18.0 Å². The number of nitrogens with zero attached hydrogens (tertiary/aromatic N) is 1. The van der Waals surface area contributed by atoms with Gasteiger partial charge in [0.2, 0.25) is 0 Å². The van der Waals surface area contributed by atoms with Gasteiger partial charge in [-0.15, -0.1) is 0 Å². The number of H-pyrrole nitrogens is 1. The molecule has 5 heteroatoms. The number of methoxy groups -OCH3 is 1. The van der Waals surface area contributed by atoms with Crippen molar-refractivity contribution in [1.29, 1.82) is 0 Å². The number of benzene rings is 1. The largest absolute Gasteiger partial charge is 0.497 e. The Morgan fingerprint density at radius 1 is 1.31 bits per heavy atom. The summed E-state index contributed by atoms with van der Waals surface area (Å²) in [7, 11) is 3.47. The number of anilines is 1. The molecule has 84 valence electrons. The molecule has 0 radical (unpaired) electrons. The Kier molecular flexibility index (Phi) is 2.70. The second-order valence-corrected chi connectivity index (χ2v) is 3.86. The van der Waals surface area contributed by atoms with E-state index in [4.69, 9.17) is 22.7 Å². The highest BCUT2D eigenvalue weighted by Gasteiger charge is 2.08. The van der Waals surface area contributed by atoms with Crippen molar-refractivity contribution in [1.82, 2.24) is 9.55 Å². The van der Waals surface area contributed by atoms with Gasteiger partial charge >= 0.3 is 0 Å². The predicted octanol–water partition coefficient (Wildman–Crippen LogP) is 2.34. The first kappa shape index (κ1) is 10.8. The molecule has 2 rings (SSSR count). The van der Waals surface area contributed by atoms with Gasteiger partial charge in [0.1, 0.15) is 11.6 Å². The molecule has 3 N–H and O–H groups in total. The third-order valence-electron chi connectivity index (χ3n) is 2.53. The summed E-state index contributed by atoms with van der Waals surface area (Å²) in [6.07, 6.45) is 0. The first-order valence-electron chi connectivity index (χ1n) is 4.82. The van der Waals surface area contributed by atoms with E-state index < -0.39 is 0 Å². The molecule has 4 nitrogen and oxygen atoms in total. The summed E-state index contributed by atoms with van der Waals surface area (Å²) in [6, 6.07) is 7.66. The van der Waals surface area contributed by atoms with Gasteiger partial charge in [-0.25, -0.2) is 0 Å². The van der Waals surface area contributed by atoms with E-state index in [0.717, 1.165) is 17.0 Å². The van der Waals surface area contributed by atoms with Crippen molar-refractivity contribution in [2.45, 2.75) is 0 Å². The third kappa shape index (κ3) is 1.69. The molecule has 0 saturated heterocycles. The van der Waals surface area contributed by atoms with Crippen molar-refractivity contribution in [2.75, 3.05) is 12.8 Å². The fourth-order valence-corrected chi connectivity index (χ4v) is 1.71. The zero-order chi connectivity index (χ0) is 11.7. The van der Waals surface area contributed by atoms with Gasteiger partial charge in [0.05, 0.1) is 12.8 Å². The summed E-state index contributed by atoms with van der Waals surface area (Å²) in [4.78, 5) is 3.08.